The van der Waals surface area contributed by atoms with Gasteiger partial charge < -0.3 is 48.9 Å². The number of nitrogens with two attached hydrogens (primary N) is 1. The molecule has 1 aromatic rings. The van der Waals surface area contributed by atoms with Gasteiger partial charge in [0.05, 0.1) is 106 Å². The van der Waals surface area contributed by atoms with Crippen LogP contribution in [0.4, 0.5) is 0 Å². The Labute approximate surface area is 255 Å². The molecule has 0 unspecified atom stereocenters. The third-order valence-corrected chi connectivity index (χ3v) is 5.54. The number of aryl methyl sites for hydroxylation is 2. The minimum Gasteiger partial charge on any atom is -0.379 e. The van der Waals surface area contributed by atoms with Crippen molar-refractivity contribution in [1.82, 2.24) is 10.3 Å². The minimum atomic E-state index is -0.377. The lowest BCUT2D eigenvalue weighted by Crippen LogP contribution is -2.28. The van der Waals surface area contributed by atoms with Crippen LogP contribution in [-0.4, -0.2) is 129 Å². The van der Waals surface area contributed by atoms with Gasteiger partial charge in [-0.15, -0.1) is 0 Å². The number of rotatable bonds is 31. The van der Waals surface area contributed by atoms with Crippen LogP contribution >= 0.6 is 0 Å². The van der Waals surface area contributed by atoms with Gasteiger partial charge >= 0.3 is 0 Å². The number of pyridine rings is 1. The Kier molecular flexibility index (Phi) is 25.4. The standard InChI is InChI=1S/C30H51N3O10/c1-3-27-24-26(2)33-28(25-27)4-5-30(35)32-7-9-37-11-13-39-15-17-41-19-21-43-23-22-42-20-18-40-16-14-38-12-10-36-8-6-29(31)34/h3,24-25H,1,4-23H2,2H3,(H2,31,34)(H,32,35). The number of carbonyl (C=O) groups excluding carboxylic acids is 2. The SMILES string of the molecule is C=Cc1cc(C)nc(CCC(=O)NCCOCCOCCOCCOCCOCCOCCOCCOCCC(N)=O)c1. The summed E-state index contributed by atoms with van der Waals surface area (Å²) in [5.74, 6) is -0.405. The van der Waals surface area contributed by atoms with Gasteiger partial charge in [0.25, 0.3) is 0 Å². The molecule has 1 heterocycles. The number of ether oxygens (including phenoxy) is 8. The Bertz CT molecular complexity index is 859. The molecule has 0 aliphatic heterocycles. The molecule has 0 spiro atoms. The second-order valence-corrected chi connectivity index (χ2v) is 9.20. The molecule has 0 aliphatic carbocycles. The lowest BCUT2D eigenvalue weighted by molar-refractivity contribution is -0.121. The fourth-order valence-corrected chi connectivity index (χ4v) is 3.42. The average molecular weight is 614 g/mol. The Morgan fingerprint density at radius 3 is 1.53 bits per heavy atom. The Balaban J connectivity index is 1.73. The van der Waals surface area contributed by atoms with Crippen molar-refractivity contribution >= 4 is 17.9 Å². The third-order valence-electron chi connectivity index (χ3n) is 5.54. The van der Waals surface area contributed by atoms with Crippen LogP contribution in [0.3, 0.4) is 0 Å². The molecule has 43 heavy (non-hydrogen) atoms. The van der Waals surface area contributed by atoms with Crippen molar-refractivity contribution in [3.8, 4) is 0 Å². The zero-order valence-corrected chi connectivity index (χ0v) is 25.7. The Morgan fingerprint density at radius 1 is 0.698 bits per heavy atom. The van der Waals surface area contributed by atoms with E-state index < -0.39 is 0 Å². The van der Waals surface area contributed by atoms with Gasteiger partial charge in [0, 0.05) is 30.8 Å². The van der Waals surface area contributed by atoms with Gasteiger partial charge in [-0.2, -0.15) is 0 Å². The minimum absolute atomic E-state index is 0.0279. The highest BCUT2D eigenvalue weighted by atomic mass is 16.6. The normalized spacial score (nSPS) is 11.1. The van der Waals surface area contributed by atoms with Crippen molar-refractivity contribution in [1.29, 1.82) is 0 Å². The van der Waals surface area contributed by atoms with Crippen LogP contribution in [0.1, 0.15) is 29.8 Å². The molecule has 0 atom stereocenters. The molecule has 1 rings (SSSR count). The highest BCUT2D eigenvalue weighted by Crippen LogP contribution is 2.08. The summed E-state index contributed by atoms with van der Waals surface area (Å²) in [7, 11) is 0. The summed E-state index contributed by atoms with van der Waals surface area (Å²) in [5.41, 5.74) is 7.83. The first-order valence-electron chi connectivity index (χ1n) is 14.8. The molecule has 0 fully saturated rings. The van der Waals surface area contributed by atoms with E-state index in [0.29, 0.717) is 125 Å². The van der Waals surface area contributed by atoms with E-state index in [1.807, 2.05) is 19.1 Å². The maximum Gasteiger partial charge on any atom is 0.220 e. The Hall–Kier alpha value is -2.49. The van der Waals surface area contributed by atoms with Crippen LogP contribution in [0.2, 0.25) is 0 Å². The second kappa shape index (κ2) is 28.3. The summed E-state index contributed by atoms with van der Waals surface area (Å²) in [6, 6.07) is 3.91. The number of hydrogen-bond donors (Lipinski definition) is 2. The summed E-state index contributed by atoms with van der Waals surface area (Å²) in [4.78, 5) is 27.0. The number of primary amides is 1. The van der Waals surface area contributed by atoms with E-state index in [0.717, 1.165) is 17.0 Å². The highest BCUT2D eigenvalue weighted by molar-refractivity contribution is 5.76. The number of aromatic nitrogens is 1. The number of hydrogen-bond acceptors (Lipinski definition) is 11. The summed E-state index contributed by atoms with van der Waals surface area (Å²) in [6.45, 7) is 13.5. The van der Waals surface area contributed by atoms with Gasteiger partial charge in [-0.1, -0.05) is 12.7 Å². The fourth-order valence-electron chi connectivity index (χ4n) is 3.42. The van der Waals surface area contributed by atoms with E-state index in [9.17, 15) is 9.59 Å². The number of nitrogens with one attached hydrogen (secondary N) is 1. The van der Waals surface area contributed by atoms with E-state index in [1.165, 1.54) is 0 Å². The van der Waals surface area contributed by atoms with E-state index >= 15 is 0 Å². The molecular formula is C30H51N3O10. The van der Waals surface area contributed by atoms with Crippen LogP contribution < -0.4 is 11.1 Å². The summed E-state index contributed by atoms with van der Waals surface area (Å²) in [5, 5.41) is 2.85. The van der Waals surface area contributed by atoms with Crippen LogP contribution in [-0.2, 0) is 53.9 Å². The smallest absolute Gasteiger partial charge is 0.220 e. The number of amides is 2. The van der Waals surface area contributed by atoms with Gasteiger partial charge in [0.15, 0.2) is 0 Å². The molecule has 0 bridgehead atoms. The summed E-state index contributed by atoms with van der Waals surface area (Å²) < 4.78 is 43.2. The van der Waals surface area contributed by atoms with Crippen molar-refractivity contribution in [2.75, 3.05) is 112 Å². The zero-order chi connectivity index (χ0) is 31.2. The van der Waals surface area contributed by atoms with Crippen LogP contribution in [0, 0.1) is 6.92 Å². The molecule has 13 nitrogen and oxygen atoms in total. The van der Waals surface area contributed by atoms with Crippen molar-refractivity contribution in [3.63, 3.8) is 0 Å². The quantitative estimate of drug-likeness (QED) is 0.115. The van der Waals surface area contributed by atoms with Crippen molar-refractivity contribution in [2.45, 2.75) is 26.2 Å². The first kappa shape index (κ1) is 38.5. The first-order chi connectivity index (χ1) is 21.0. The largest absolute Gasteiger partial charge is 0.379 e. The predicted octanol–water partition coefficient (Wildman–Crippen LogP) is 1.09. The predicted molar refractivity (Wildman–Crippen MR) is 161 cm³/mol. The maximum atomic E-state index is 12.0. The summed E-state index contributed by atoms with van der Waals surface area (Å²) >= 11 is 0. The monoisotopic (exact) mass is 613 g/mol. The van der Waals surface area contributed by atoms with Gasteiger partial charge in [-0.05, 0) is 31.0 Å². The lowest BCUT2D eigenvalue weighted by atomic mass is 10.1. The first-order valence-corrected chi connectivity index (χ1v) is 14.8. The van der Waals surface area contributed by atoms with Gasteiger partial charge in [0.2, 0.25) is 11.8 Å². The van der Waals surface area contributed by atoms with Crippen LogP contribution in [0.5, 0.6) is 0 Å². The molecular weight excluding hydrogens is 562 g/mol. The maximum absolute atomic E-state index is 12.0. The highest BCUT2D eigenvalue weighted by Gasteiger charge is 2.04. The molecule has 0 aliphatic rings. The van der Waals surface area contributed by atoms with Crippen molar-refractivity contribution in [2.24, 2.45) is 5.73 Å². The molecule has 2 amide bonds. The number of nitrogens with zero attached hydrogens (tertiary/aromatic N) is 1. The summed E-state index contributed by atoms with van der Waals surface area (Å²) in [6.07, 6.45) is 2.96. The van der Waals surface area contributed by atoms with Gasteiger partial charge in [-0.25, -0.2) is 0 Å². The average Bonchev–Trinajstić information content (AvgIpc) is 2.99. The lowest BCUT2D eigenvalue weighted by Gasteiger charge is -2.09. The molecule has 0 radical (unpaired) electrons. The topological polar surface area (TPSA) is 159 Å². The van der Waals surface area contributed by atoms with E-state index in [1.54, 1.807) is 6.08 Å². The molecule has 13 heteroatoms. The fraction of sp³-hybridized carbons (Fsp3) is 0.700. The molecule has 1 aromatic heterocycles. The van der Waals surface area contributed by atoms with Crippen LogP contribution in [0.15, 0.2) is 18.7 Å². The van der Waals surface area contributed by atoms with Gasteiger partial charge in [-0.3, -0.25) is 14.6 Å². The van der Waals surface area contributed by atoms with E-state index in [4.69, 9.17) is 43.6 Å². The Morgan fingerprint density at radius 2 is 1.12 bits per heavy atom. The van der Waals surface area contributed by atoms with Crippen LogP contribution in [0.25, 0.3) is 6.08 Å². The molecule has 0 saturated heterocycles. The van der Waals surface area contributed by atoms with Crippen molar-refractivity contribution < 1.29 is 47.5 Å². The van der Waals surface area contributed by atoms with Crippen molar-refractivity contribution in [3.05, 3.63) is 35.7 Å². The second-order valence-electron chi connectivity index (χ2n) is 9.20. The van der Waals surface area contributed by atoms with E-state index in [-0.39, 0.29) is 18.2 Å². The molecule has 0 saturated carbocycles. The molecule has 246 valence electrons. The molecule has 3 N–H and O–H groups in total. The number of carbonyl (C=O) groups is 2. The van der Waals surface area contributed by atoms with Gasteiger partial charge in [0.1, 0.15) is 0 Å². The third kappa shape index (κ3) is 25.7. The zero-order valence-electron chi connectivity index (χ0n) is 25.7. The molecule has 0 aromatic carbocycles. The van der Waals surface area contributed by atoms with E-state index in [2.05, 4.69) is 16.9 Å².